The first-order valence-corrected chi connectivity index (χ1v) is 10.9. The highest BCUT2D eigenvalue weighted by molar-refractivity contribution is 5.76. The number of aromatic nitrogens is 4. The molecule has 3 aromatic rings. The zero-order valence-electron chi connectivity index (χ0n) is 18.1. The zero-order chi connectivity index (χ0) is 22.3. The van der Waals surface area contributed by atoms with Crippen LogP contribution in [-0.4, -0.2) is 44.6 Å². The Labute approximate surface area is 191 Å². The smallest absolute Gasteiger partial charge is 0.224 e. The average molecular weight is 461 g/mol. The van der Waals surface area contributed by atoms with Gasteiger partial charge in [0.2, 0.25) is 11.9 Å². The number of anilines is 3. The molecule has 1 saturated carbocycles. The first-order chi connectivity index (χ1) is 15.4. The lowest BCUT2D eigenvalue weighted by molar-refractivity contribution is -0.181. The van der Waals surface area contributed by atoms with Crippen molar-refractivity contribution in [3.8, 4) is 0 Å². The van der Waals surface area contributed by atoms with Crippen molar-refractivity contribution in [3.63, 3.8) is 0 Å². The van der Waals surface area contributed by atoms with Crippen molar-refractivity contribution in [2.45, 2.75) is 64.8 Å². The molecule has 8 nitrogen and oxygen atoms in total. The van der Waals surface area contributed by atoms with Gasteiger partial charge in [-0.15, -0.1) is 0 Å². The number of imidazole rings is 1. The number of nitrogens with zero attached hydrogens (tertiary/aromatic N) is 4. The summed E-state index contributed by atoms with van der Waals surface area (Å²) in [7, 11) is 0. The lowest BCUT2D eigenvalue weighted by Gasteiger charge is -2.36. The van der Waals surface area contributed by atoms with Gasteiger partial charge in [-0.3, -0.25) is 4.57 Å². The molecule has 2 N–H and O–H groups in total. The monoisotopic (exact) mass is 460 g/mol. The number of halogens is 2. The van der Waals surface area contributed by atoms with Gasteiger partial charge in [-0.05, 0) is 38.8 Å². The van der Waals surface area contributed by atoms with Gasteiger partial charge in [0.1, 0.15) is 17.2 Å². The first-order valence-electron chi connectivity index (χ1n) is 10.9. The van der Waals surface area contributed by atoms with Gasteiger partial charge in [-0.2, -0.15) is 4.98 Å². The number of ether oxygens (including phenoxy) is 2. The van der Waals surface area contributed by atoms with Gasteiger partial charge in [0.15, 0.2) is 11.4 Å². The Bertz CT molecular complexity index is 1120. The van der Waals surface area contributed by atoms with E-state index in [-0.39, 0.29) is 25.2 Å². The third-order valence-electron chi connectivity index (χ3n) is 5.92. The van der Waals surface area contributed by atoms with E-state index in [2.05, 4.69) is 20.6 Å². The van der Waals surface area contributed by atoms with Crippen LogP contribution in [0.3, 0.4) is 0 Å². The van der Waals surface area contributed by atoms with Crippen LogP contribution in [0.2, 0.25) is 0 Å². The summed E-state index contributed by atoms with van der Waals surface area (Å²) in [5.41, 5.74) is 1.39. The first kappa shape index (κ1) is 23.3. The zero-order valence-corrected chi connectivity index (χ0v) is 18.1. The molecule has 1 spiro atoms. The maximum atomic E-state index is 14.4. The highest BCUT2D eigenvalue weighted by Gasteiger charge is 2.41. The number of fused-ring (bicyclic) bond motifs is 1. The Morgan fingerprint density at radius 2 is 1.85 bits per heavy atom. The van der Waals surface area contributed by atoms with E-state index in [4.69, 9.17) is 14.5 Å². The van der Waals surface area contributed by atoms with Gasteiger partial charge in [-0.25, -0.2) is 18.7 Å². The summed E-state index contributed by atoms with van der Waals surface area (Å²) in [5.74, 6) is -0.875. The minimum Gasteiger partial charge on any atom is -0.352 e. The van der Waals surface area contributed by atoms with Crippen LogP contribution in [0.1, 0.15) is 53.0 Å². The Kier molecular flexibility index (Phi) is 6.49. The Hall–Kier alpha value is -2.85. The quantitative estimate of drug-likeness (QED) is 0.544. The number of rotatable bonds is 5. The maximum absolute atomic E-state index is 14.4. The molecule has 1 saturated heterocycles. The van der Waals surface area contributed by atoms with E-state index in [0.717, 1.165) is 31.7 Å². The standard InChI is InChI=1S/C22H26F2N6O2.CH4/c1-13(2)26-20-25-12-18-19(29-20)30(15-5-7-22(8-6-15)31-9-10-32-22)21(28-18)27-17-4-3-14(23)11-16(17)24;/h3-4,11-13,15H,5-10H2,1-2H3,(H,27,28)(H,25,26,29);1H4. The molecule has 3 heterocycles. The van der Waals surface area contributed by atoms with E-state index in [1.807, 2.05) is 18.4 Å². The van der Waals surface area contributed by atoms with Crippen LogP contribution in [0.15, 0.2) is 24.4 Å². The third-order valence-corrected chi connectivity index (χ3v) is 5.92. The van der Waals surface area contributed by atoms with Crippen molar-refractivity contribution >= 4 is 28.7 Å². The molecule has 1 aliphatic heterocycles. The molecule has 0 atom stereocenters. The second-order valence-electron chi connectivity index (χ2n) is 8.59. The summed E-state index contributed by atoms with van der Waals surface area (Å²) >= 11 is 0. The topological polar surface area (TPSA) is 86.1 Å². The van der Waals surface area contributed by atoms with Gasteiger partial charge in [-0.1, -0.05) is 7.43 Å². The molecule has 10 heteroatoms. The number of benzene rings is 1. The molecule has 1 aromatic carbocycles. The predicted molar refractivity (Wildman–Crippen MR) is 123 cm³/mol. The van der Waals surface area contributed by atoms with Crippen molar-refractivity contribution in [2.24, 2.45) is 0 Å². The van der Waals surface area contributed by atoms with Crippen LogP contribution in [0, 0.1) is 11.6 Å². The fraction of sp³-hybridized carbons (Fsp3) is 0.522. The largest absolute Gasteiger partial charge is 0.352 e. The van der Waals surface area contributed by atoms with Gasteiger partial charge in [0.05, 0.1) is 25.1 Å². The molecular formula is C23H30F2N6O2. The van der Waals surface area contributed by atoms with Gasteiger partial charge in [0, 0.05) is 31.0 Å². The fourth-order valence-electron chi connectivity index (χ4n) is 4.45. The SMILES string of the molecule is C.CC(C)Nc1ncc2nc(Nc3ccc(F)cc3F)n(C3CCC4(CC3)OCCO4)c2n1. The summed E-state index contributed by atoms with van der Waals surface area (Å²) in [4.78, 5) is 13.7. The molecule has 1 aliphatic carbocycles. The van der Waals surface area contributed by atoms with Crippen LogP contribution < -0.4 is 10.6 Å². The summed E-state index contributed by atoms with van der Waals surface area (Å²) in [6.07, 6.45) is 4.75. The van der Waals surface area contributed by atoms with E-state index in [1.54, 1.807) is 6.20 Å². The van der Waals surface area contributed by atoms with Crippen LogP contribution >= 0.6 is 0 Å². The maximum Gasteiger partial charge on any atom is 0.224 e. The summed E-state index contributed by atoms with van der Waals surface area (Å²) in [6, 6.07) is 3.65. The molecule has 2 aliphatic rings. The second-order valence-corrected chi connectivity index (χ2v) is 8.59. The van der Waals surface area contributed by atoms with E-state index >= 15 is 0 Å². The Balaban J connectivity index is 0.00000259. The molecule has 2 aromatic heterocycles. The molecule has 33 heavy (non-hydrogen) atoms. The molecule has 0 amide bonds. The summed E-state index contributed by atoms with van der Waals surface area (Å²) in [5, 5.41) is 6.25. The van der Waals surface area contributed by atoms with Crippen LogP contribution in [-0.2, 0) is 9.47 Å². The molecule has 0 bridgehead atoms. The minimum absolute atomic E-state index is 0. The Morgan fingerprint density at radius 3 is 2.52 bits per heavy atom. The van der Waals surface area contributed by atoms with Crippen molar-refractivity contribution in [2.75, 3.05) is 23.8 Å². The lowest BCUT2D eigenvalue weighted by Crippen LogP contribution is -2.36. The van der Waals surface area contributed by atoms with E-state index < -0.39 is 17.4 Å². The van der Waals surface area contributed by atoms with E-state index in [0.29, 0.717) is 36.3 Å². The van der Waals surface area contributed by atoms with Gasteiger partial charge in [0.25, 0.3) is 0 Å². The second kappa shape index (κ2) is 9.18. The molecule has 178 valence electrons. The van der Waals surface area contributed by atoms with Crippen molar-refractivity contribution < 1.29 is 18.3 Å². The van der Waals surface area contributed by atoms with Gasteiger partial charge >= 0.3 is 0 Å². The van der Waals surface area contributed by atoms with Crippen molar-refractivity contribution in [1.82, 2.24) is 19.5 Å². The third kappa shape index (κ3) is 4.63. The average Bonchev–Trinajstić information content (AvgIpc) is 3.35. The fourth-order valence-corrected chi connectivity index (χ4v) is 4.45. The van der Waals surface area contributed by atoms with Crippen LogP contribution in [0.25, 0.3) is 11.2 Å². The number of hydrogen-bond acceptors (Lipinski definition) is 7. The van der Waals surface area contributed by atoms with Crippen LogP contribution in [0.5, 0.6) is 0 Å². The van der Waals surface area contributed by atoms with E-state index in [1.165, 1.54) is 12.1 Å². The molecule has 0 radical (unpaired) electrons. The Morgan fingerprint density at radius 1 is 1.12 bits per heavy atom. The molecule has 2 fully saturated rings. The number of hydrogen-bond donors (Lipinski definition) is 2. The minimum atomic E-state index is -0.688. The summed E-state index contributed by atoms with van der Waals surface area (Å²) in [6.45, 7) is 5.26. The molecule has 5 rings (SSSR count). The van der Waals surface area contributed by atoms with Crippen LogP contribution in [0.4, 0.5) is 26.4 Å². The molecule has 0 unspecified atom stereocenters. The van der Waals surface area contributed by atoms with Crippen molar-refractivity contribution in [1.29, 1.82) is 0 Å². The summed E-state index contributed by atoms with van der Waals surface area (Å²) < 4.78 is 41.5. The predicted octanol–water partition coefficient (Wildman–Crippen LogP) is 5.16. The van der Waals surface area contributed by atoms with Gasteiger partial charge < -0.3 is 20.1 Å². The lowest BCUT2D eigenvalue weighted by atomic mass is 9.90. The highest BCUT2D eigenvalue weighted by Crippen LogP contribution is 2.42. The van der Waals surface area contributed by atoms with E-state index in [9.17, 15) is 8.78 Å². The normalized spacial score (nSPS) is 18.1. The molecular weight excluding hydrogens is 430 g/mol. The highest BCUT2D eigenvalue weighted by atomic mass is 19.1. The van der Waals surface area contributed by atoms with Crippen molar-refractivity contribution in [3.05, 3.63) is 36.0 Å². The number of nitrogens with one attached hydrogen (secondary N) is 2.